The Bertz CT molecular complexity index is 1020. The molecule has 0 spiro atoms. The first-order valence-corrected chi connectivity index (χ1v) is 11.0. The molecular formula is C20H23N3O4S. The average Bonchev–Trinajstić information content (AvgIpc) is 3.02. The molecular weight excluding hydrogens is 378 g/mol. The van der Waals surface area contributed by atoms with Crippen molar-refractivity contribution in [2.24, 2.45) is 4.99 Å². The van der Waals surface area contributed by atoms with Gasteiger partial charge in [0.05, 0.1) is 18.9 Å². The first-order chi connectivity index (χ1) is 13.5. The first-order valence-electron chi connectivity index (χ1n) is 9.20. The van der Waals surface area contributed by atoms with Crippen LogP contribution in [0.3, 0.4) is 0 Å². The molecule has 0 N–H and O–H groups in total. The Morgan fingerprint density at radius 3 is 2.64 bits per heavy atom. The van der Waals surface area contributed by atoms with Crippen LogP contribution >= 0.6 is 0 Å². The third-order valence-corrected chi connectivity index (χ3v) is 6.27. The van der Waals surface area contributed by atoms with Crippen LogP contribution in [0.1, 0.15) is 12.0 Å². The first kappa shape index (κ1) is 18.8. The fourth-order valence-electron chi connectivity index (χ4n) is 3.51. The van der Waals surface area contributed by atoms with Crippen LogP contribution in [0.2, 0.25) is 0 Å². The summed E-state index contributed by atoms with van der Waals surface area (Å²) in [5.41, 5.74) is 1.58. The molecule has 28 heavy (non-hydrogen) atoms. The van der Waals surface area contributed by atoms with Crippen molar-refractivity contribution in [3.63, 3.8) is 0 Å². The number of nitrogens with zero attached hydrogens (tertiary/aromatic N) is 3. The van der Waals surface area contributed by atoms with Crippen LogP contribution < -0.4 is 9.47 Å². The molecule has 0 amide bonds. The van der Waals surface area contributed by atoms with Crippen LogP contribution in [-0.4, -0.2) is 63.0 Å². The van der Waals surface area contributed by atoms with E-state index in [0.717, 1.165) is 23.5 Å². The van der Waals surface area contributed by atoms with E-state index in [9.17, 15) is 8.42 Å². The lowest BCUT2D eigenvalue weighted by Crippen LogP contribution is -2.37. The predicted octanol–water partition coefficient (Wildman–Crippen LogP) is 2.85. The van der Waals surface area contributed by atoms with Gasteiger partial charge in [-0.25, -0.2) is 17.7 Å². The van der Waals surface area contributed by atoms with Crippen molar-refractivity contribution in [3.05, 3.63) is 48.0 Å². The lowest BCUT2D eigenvalue weighted by molar-refractivity contribution is 0.407. The Balaban J connectivity index is 1.77. The largest absolute Gasteiger partial charge is 0.497 e. The van der Waals surface area contributed by atoms with Gasteiger partial charge in [-0.3, -0.25) is 0 Å². The number of rotatable bonds is 2. The van der Waals surface area contributed by atoms with E-state index in [1.54, 1.807) is 7.11 Å². The van der Waals surface area contributed by atoms with Crippen molar-refractivity contribution < 1.29 is 17.9 Å². The van der Waals surface area contributed by atoms with E-state index in [2.05, 4.69) is 4.90 Å². The molecule has 0 atom stereocenters. The molecule has 4 rings (SSSR count). The third kappa shape index (κ3) is 3.70. The van der Waals surface area contributed by atoms with Crippen LogP contribution in [-0.2, 0) is 10.0 Å². The van der Waals surface area contributed by atoms with Gasteiger partial charge in [-0.15, -0.1) is 0 Å². The van der Waals surface area contributed by atoms with Crippen molar-refractivity contribution >= 4 is 21.5 Å². The molecule has 2 aromatic carbocycles. The number of aliphatic imine (C=N–C) groups is 1. The number of amidine groups is 1. The number of para-hydroxylation sites is 2. The molecule has 0 saturated carbocycles. The third-order valence-electron chi connectivity index (χ3n) is 4.96. The van der Waals surface area contributed by atoms with Gasteiger partial charge in [0.2, 0.25) is 10.0 Å². The molecule has 2 aliphatic heterocycles. The Morgan fingerprint density at radius 2 is 1.86 bits per heavy atom. The number of sulfonamides is 1. The summed E-state index contributed by atoms with van der Waals surface area (Å²) >= 11 is 0. The molecule has 0 bridgehead atoms. The maximum atomic E-state index is 12.0. The number of fused-ring (bicyclic) bond motifs is 2. The fraction of sp³-hybridized carbons (Fsp3) is 0.350. The van der Waals surface area contributed by atoms with Gasteiger partial charge < -0.3 is 14.4 Å². The summed E-state index contributed by atoms with van der Waals surface area (Å²) in [6, 6.07) is 13.3. The molecule has 2 aromatic rings. The molecule has 0 aliphatic carbocycles. The number of hydrogen-bond donors (Lipinski definition) is 0. The summed E-state index contributed by atoms with van der Waals surface area (Å²) < 4.78 is 37.0. The van der Waals surface area contributed by atoms with E-state index in [1.165, 1.54) is 10.6 Å². The SMILES string of the molecule is COc1ccc2c(c1)C(N1CCCN(S(C)(=O)=O)CC1)=Nc1ccccc1O2. The smallest absolute Gasteiger partial charge is 0.211 e. The summed E-state index contributed by atoms with van der Waals surface area (Å²) in [5, 5.41) is 0. The minimum atomic E-state index is -3.21. The second kappa shape index (κ2) is 7.44. The van der Waals surface area contributed by atoms with Crippen LogP contribution in [0.15, 0.2) is 47.5 Å². The summed E-state index contributed by atoms with van der Waals surface area (Å²) in [7, 11) is -1.58. The molecule has 2 heterocycles. The molecule has 1 fully saturated rings. The summed E-state index contributed by atoms with van der Waals surface area (Å²) in [6.07, 6.45) is 1.99. The zero-order valence-electron chi connectivity index (χ0n) is 16.0. The topological polar surface area (TPSA) is 71.4 Å². The molecule has 2 aliphatic rings. The molecule has 1 saturated heterocycles. The van der Waals surface area contributed by atoms with Crippen LogP contribution in [0.5, 0.6) is 17.2 Å². The second-order valence-corrected chi connectivity index (χ2v) is 8.85. The highest BCUT2D eigenvalue weighted by Gasteiger charge is 2.27. The highest BCUT2D eigenvalue weighted by molar-refractivity contribution is 7.88. The second-order valence-electron chi connectivity index (χ2n) is 6.87. The minimum absolute atomic E-state index is 0.430. The number of benzene rings is 2. The molecule has 0 aromatic heterocycles. The quantitative estimate of drug-likeness (QED) is 0.774. The van der Waals surface area contributed by atoms with Gasteiger partial charge in [-0.1, -0.05) is 12.1 Å². The molecule has 0 unspecified atom stereocenters. The van der Waals surface area contributed by atoms with Crippen molar-refractivity contribution in [3.8, 4) is 17.2 Å². The van der Waals surface area contributed by atoms with Gasteiger partial charge in [0.25, 0.3) is 0 Å². The van der Waals surface area contributed by atoms with Gasteiger partial charge in [0.1, 0.15) is 23.0 Å². The zero-order chi connectivity index (χ0) is 19.7. The maximum Gasteiger partial charge on any atom is 0.211 e. The maximum absolute atomic E-state index is 12.0. The van der Waals surface area contributed by atoms with Gasteiger partial charge in [0, 0.05) is 26.2 Å². The van der Waals surface area contributed by atoms with Crippen molar-refractivity contribution in [2.45, 2.75) is 6.42 Å². The van der Waals surface area contributed by atoms with Gasteiger partial charge >= 0.3 is 0 Å². The average molecular weight is 401 g/mol. The summed E-state index contributed by atoms with van der Waals surface area (Å²) in [6.45, 7) is 2.22. The number of methoxy groups -OCH3 is 1. The molecule has 8 heteroatoms. The lowest BCUT2D eigenvalue weighted by atomic mass is 10.1. The van der Waals surface area contributed by atoms with Gasteiger partial charge in [-0.05, 0) is 36.8 Å². The highest BCUT2D eigenvalue weighted by atomic mass is 32.2. The Kier molecular flexibility index (Phi) is 4.99. The monoisotopic (exact) mass is 401 g/mol. The summed E-state index contributed by atoms with van der Waals surface area (Å²) in [5.74, 6) is 2.88. The van der Waals surface area contributed by atoms with E-state index in [0.29, 0.717) is 43.4 Å². The number of hydrogen-bond acceptors (Lipinski definition) is 6. The highest BCUT2D eigenvalue weighted by Crippen LogP contribution is 2.39. The van der Waals surface area contributed by atoms with E-state index < -0.39 is 10.0 Å². The Labute approximate surface area is 165 Å². The minimum Gasteiger partial charge on any atom is -0.497 e. The zero-order valence-corrected chi connectivity index (χ0v) is 16.8. The summed E-state index contributed by atoms with van der Waals surface area (Å²) in [4.78, 5) is 7.04. The number of ether oxygens (including phenoxy) is 2. The van der Waals surface area contributed by atoms with E-state index in [1.807, 2.05) is 42.5 Å². The molecule has 7 nitrogen and oxygen atoms in total. The van der Waals surface area contributed by atoms with Gasteiger partial charge in [0.15, 0.2) is 5.75 Å². The van der Waals surface area contributed by atoms with E-state index in [-0.39, 0.29) is 0 Å². The normalized spacial score (nSPS) is 17.5. The lowest BCUT2D eigenvalue weighted by Gasteiger charge is -2.25. The Morgan fingerprint density at radius 1 is 1.04 bits per heavy atom. The van der Waals surface area contributed by atoms with Crippen LogP contribution in [0, 0.1) is 0 Å². The predicted molar refractivity (Wildman–Crippen MR) is 108 cm³/mol. The standard InChI is InChI=1S/C20H23N3O4S/c1-26-15-8-9-18-16(14-15)20(21-17-6-3-4-7-19(17)27-18)22-10-5-11-23(13-12-22)28(2,24)25/h3-4,6-9,14H,5,10-13H2,1-2H3. The Hall–Kier alpha value is -2.58. The van der Waals surface area contributed by atoms with Crippen LogP contribution in [0.4, 0.5) is 5.69 Å². The molecule has 148 valence electrons. The van der Waals surface area contributed by atoms with Crippen LogP contribution in [0.25, 0.3) is 0 Å². The molecule has 0 radical (unpaired) electrons. The van der Waals surface area contributed by atoms with Gasteiger partial charge in [-0.2, -0.15) is 0 Å². The fourth-order valence-corrected chi connectivity index (χ4v) is 4.38. The van der Waals surface area contributed by atoms with Crippen molar-refractivity contribution in [2.75, 3.05) is 39.5 Å². The van der Waals surface area contributed by atoms with Crippen molar-refractivity contribution in [1.29, 1.82) is 0 Å². The van der Waals surface area contributed by atoms with E-state index >= 15 is 0 Å². The van der Waals surface area contributed by atoms with Crippen molar-refractivity contribution in [1.82, 2.24) is 9.21 Å². The van der Waals surface area contributed by atoms with E-state index in [4.69, 9.17) is 14.5 Å².